The molecule has 1 fully saturated rings. The van der Waals surface area contributed by atoms with Crippen molar-refractivity contribution in [1.29, 1.82) is 0 Å². The maximum Gasteiger partial charge on any atom is 0.303 e. The molecular weight excluding hydrogens is 325 g/mol. The molecule has 0 bridgehead atoms. The third kappa shape index (κ3) is 4.23. The third-order valence-corrected chi connectivity index (χ3v) is 4.47. The minimum absolute atomic E-state index is 0.131. The second-order valence-electron chi connectivity index (χ2n) is 6.31. The summed E-state index contributed by atoms with van der Waals surface area (Å²) in [7, 11) is 0. The first-order valence-electron chi connectivity index (χ1n) is 8.35. The Balaban J connectivity index is 1.66. The number of amides is 1. The lowest BCUT2D eigenvalue weighted by atomic mass is 9.93. The number of carbonyl (C=O) groups excluding carboxylic acids is 1. The lowest BCUT2D eigenvalue weighted by molar-refractivity contribution is -0.137. The van der Waals surface area contributed by atoms with Crippen LogP contribution in [0, 0.1) is 11.7 Å². The Hall–Kier alpha value is -2.70. The van der Waals surface area contributed by atoms with Crippen molar-refractivity contribution in [2.24, 2.45) is 5.92 Å². The van der Waals surface area contributed by atoms with E-state index < -0.39 is 5.97 Å². The molecule has 7 heteroatoms. The van der Waals surface area contributed by atoms with Crippen LogP contribution in [0.5, 0.6) is 0 Å². The van der Waals surface area contributed by atoms with Crippen molar-refractivity contribution in [3.8, 4) is 5.69 Å². The van der Waals surface area contributed by atoms with E-state index in [4.69, 9.17) is 5.11 Å². The number of hydrogen-bond acceptors (Lipinski definition) is 3. The molecule has 2 aromatic rings. The molecule has 0 spiro atoms. The van der Waals surface area contributed by atoms with Crippen LogP contribution in [0.25, 0.3) is 5.69 Å². The predicted molar refractivity (Wildman–Crippen MR) is 89.0 cm³/mol. The SMILES string of the molecule is O=C(O)CCC1CCCN(C(=O)c2ccn(-c3ccc(F)cc3)n2)C1. The van der Waals surface area contributed by atoms with Crippen LogP contribution in [0.1, 0.15) is 36.2 Å². The van der Waals surface area contributed by atoms with E-state index in [9.17, 15) is 14.0 Å². The molecule has 0 saturated carbocycles. The van der Waals surface area contributed by atoms with Crippen molar-refractivity contribution in [3.63, 3.8) is 0 Å². The van der Waals surface area contributed by atoms with Gasteiger partial charge in [-0.05, 0) is 55.5 Å². The number of carbonyl (C=O) groups is 2. The zero-order valence-corrected chi connectivity index (χ0v) is 13.8. The zero-order chi connectivity index (χ0) is 17.8. The lowest BCUT2D eigenvalue weighted by Crippen LogP contribution is -2.40. The van der Waals surface area contributed by atoms with Crippen molar-refractivity contribution in [2.45, 2.75) is 25.7 Å². The molecule has 0 radical (unpaired) electrons. The van der Waals surface area contributed by atoms with E-state index in [1.165, 1.54) is 12.1 Å². The van der Waals surface area contributed by atoms with Gasteiger partial charge < -0.3 is 10.0 Å². The van der Waals surface area contributed by atoms with E-state index in [0.29, 0.717) is 30.9 Å². The van der Waals surface area contributed by atoms with Crippen molar-refractivity contribution < 1.29 is 19.1 Å². The number of piperidine rings is 1. The fraction of sp³-hybridized carbons (Fsp3) is 0.389. The first-order chi connectivity index (χ1) is 12.0. The molecule has 25 heavy (non-hydrogen) atoms. The van der Waals surface area contributed by atoms with Gasteiger partial charge in [-0.3, -0.25) is 9.59 Å². The molecule has 6 nitrogen and oxygen atoms in total. The highest BCUT2D eigenvalue weighted by Crippen LogP contribution is 2.22. The highest BCUT2D eigenvalue weighted by Gasteiger charge is 2.26. The summed E-state index contributed by atoms with van der Waals surface area (Å²) in [6.07, 6.45) is 4.21. The number of carboxylic acids is 1. The van der Waals surface area contributed by atoms with Crippen LogP contribution in [0.4, 0.5) is 4.39 Å². The number of nitrogens with zero attached hydrogens (tertiary/aromatic N) is 3. The van der Waals surface area contributed by atoms with Crippen LogP contribution < -0.4 is 0 Å². The molecule has 1 unspecified atom stereocenters. The van der Waals surface area contributed by atoms with Gasteiger partial charge in [0.1, 0.15) is 5.82 Å². The van der Waals surface area contributed by atoms with Gasteiger partial charge in [0.25, 0.3) is 5.91 Å². The van der Waals surface area contributed by atoms with Crippen molar-refractivity contribution in [3.05, 3.63) is 48.0 Å². The number of carboxylic acid groups (broad SMARTS) is 1. The fourth-order valence-corrected chi connectivity index (χ4v) is 3.15. The molecule has 3 rings (SSSR count). The molecule has 132 valence electrons. The molecule has 0 aliphatic carbocycles. The molecule has 1 aromatic carbocycles. The molecule has 1 atom stereocenters. The molecule has 1 N–H and O–H groups in total. The molecule has 1 saturated heterocycles. The van der Waals surface area contributed by atoms with Gasteiger partial charge in [-0.15, -0.1) is 0 Å². The number of aromatic nitrogens is 2. The molecule has 1 aliphatic rings. The maximum atomic E-state index is 13.0. The normalized spacial score (nSPS) is 17.5. The highest BCUT2D eigenvalue weighted by molar-refractivity contribution is 5.92. The number of halogens is 1. The Labute approximate surface area is 144 Å². The molecule has 1 aliphatic heterocycles. The Bertz CT molecular complexity index is 757. The van der Waals surface area contributed by atoms with Gasteiger partial charge in [-0.25, -0.2) is 9.07 Å². The highest BCUT2D eigenvalue weighted by atomic mass is 19.1. The molecule has 1 amide bonds. The van der Waals surface area contributed by atoms with Gasteiger partial charge in [-0.1, -0.05) is 0 Å². The number of hydrogen-bond donors (Lipinski definition) is 1. The second-order valence-corrected chi connectivity index (χ2v) is 6.31. The van der Waals surface area contributed by atoms with Crippen molar-refractivity contribution >= 4 is 11.9 Å². The van der Waals surface area contributed by atoms with Gasteiger partial charge in [0.2, 0.25) is 0 Å². The fourth-order valence-electron chi connectivity index (χ4n) is 3.15. The summed E-state index contributed by atoms with van der Waals surface area (Å²) >= 11 is 0. The van der Waals surface area contributed by atoms with E-state index in [0.717, 1.165) is 12.8 Å². The summed E-state index contributed by atoms with van der Waals surface area (Å²) in [5.41, 5.74) is 1.02. The lowest BCUT2D eigenvalue weighted by Gasteiger charge is -2.32. The van der Waals surface area contributed by atoms with E-state index in [-0.39, 0.29) is 24.1 Å². The summed E-state index contributed by atoms with van der Waals surface area (Å²) in [4.78, 5) is 25.1. The van der Waals surface area contributed by atoms with Crippen LogP contribution in [-0.2, 0) is 4.79 Å². The van der Waals surface area contributed by atoms with Gasteiger partial charge >= 0.3 is 5.97 Å². The second kappa shape index (κ2) is 7.46. The Kier molecular flexibility index (Phi) is 5.11. The number of benzene rings is 1. The van der Waals surface area contributed by atoms with Gasteiger partial charge in [0, 0.05) is 25.7 Å². The third-order valence-electron chi connectivity index (χ3n) is 4.47. The van der Waals surface area contributed by atoms with E-state index in [2.05, 4.69) is 5.10 Å². The summed E-state index contributed by atoms with van der Waals surface area (Å²) in [5.74, 6) is -1.07. The first-order valence-corrected chi connectivity index (χ1v) is 8.35. The van der Waals surface area contributed by atoms with Crippen LogP contribution >= 0.6 is 0 Å². The van der Waals surface area contributed by atoms with Crippen LogP contribution in [0.2, 0.25) is 0 Å². The summed E-state index contributed by atoms with van der Waals surface area (Å²) in [6, 6.07) is 7.53. The van der Waals surface area contributed by atoms with Crippen molar-refractivity contribution in [2.75, 3.05) is 13.1 Å². The number of likely N-dealkylation sites (tertiary alicyclic amines) is 1. The monoisotopic (exact) mass is 345 g/mol. The van der Waals surface area contributed by atoms with Gasteiger partial charge in [0.05, 0.1) is 5.69 Å². The van der Waals surface area contributed by atoms with Crippen LogP contribution in [0.3, 0.4) is 0 Å². The first kappa shape index (κ1) is 17.1. The average Bonchev–Trinajstić information content (AvgIpc) is 3.10. The molecular formula is C18H20FN3O3. The van der Waals surface area contributed by atoms with E-state index >= 15 is 0 Å². The van der Waals surface area contributed by atoms with Gasteiger partial charge in [0.15, 0.2) is 5.69 Å². The van der Waals surface area contributed by atoms with E-state index in [1.54, 1.807) is 34.0 Å². The smallest absolute Gasteiger partial charge is 0.303 e. The maximum absolute atomic E-state index is 13.0. The van der Waals surface area contributed by atoms with E-state index in [1.807, 2.05) is 0 Å². The summed E-state index contributed by atoms with van der Waals surface area (Å²) in [6.45, 7) is 1.22. The van der Waals surface area contributed by atoms with Crippen molar-refractivity contribution in [1.82, 2.24) is 14.7 Å². The Morgan fingerprint density at radius 1 is 1.24 bits per heavy atom. The Morgan fingerprint density at radius 3 is 2.72 bits per heavy atom. The minimum atomic E-state index is -0.804. The quantitative estimate of drug-likeness (QED) is 0.904. The predicted octanol–water partition coefficient (Wildman–Crippen LogP) is 2.73. The summed E-state index contributed by atoms with van der Waals surface area (Å²) in [5, 5.41) is 13.1. The largest absolute Gasteiger partial charge is 0.481 e. The number of aliphatic carboxylic acids is 1. The molecule has 1 aromatic heterocycles. The zero-order valence-electron chi connectivity index (χ0n) is 13.8. The van der Waals surface area contributed by atoms with Gasteiger partial charge in [-0.2, -0.15) is 5.10 Å². The van der Waals surface area contributed by atoms with Crippen LogP contribution in [0.15, 0.2) is 36.5 Å². The Morgan fingerprint density at radius 2 is 2.00 bits per heavy atom. The number of rotatable bonds is 5. The molecule has 2 heterocycles. The summed E-state index contributed by atoms with van der Waals surface area (Å²) < 4.78 is 14.5. The van der Waals surface area contributed by atoms with Crippen LogP contribution in [-0.4, -0.2) is 44.8 Å². The average molecular weight is 345 g/mol. The standard InChI is InChI=1S/C18H20FN3O3/c19-14-4-6-15(7-5-14)22-11-9-16(20-22)18(25)21-10-1-2-13(12-21)3-8-17(23)24/h4-7,9,11,13H,1-3,8,10,12H2,(H,23,24). The topological polar surface area (TPSA) is 75.4 Å². The minimum Gasteiger partial charge on any atom is -0.481 e.